The molecule has 0 aliphatic carbocycles. The number of carbonyl (C=O) groups excluding carboxylic acids is 1. The number of hydrogen-bond donors (Lipinski definition) is 0. The number of hydrogen-bond acceptors (Lipinski definition) is 3. The summed E-state index contributed by atoms with van der Waals surface area (Å²) in [6, 6.07) is 3.73. The van der Waals surface area contributed by atoms with E-state index in [9.17, 15) is 4.79 Å². The summed E-state index contributed by atoms with van der Waals surface area (Å²) >= 11 is 0. The van der Waals surface area contributed by atoms with Gasteiger partial charge in [-0.05, 0) is 18.1 Å². The molecule has 19 heavy (non-hydrogen) atoms. The highest BCUT2D eigenvalue weighted by Crippen LogP contribution is 2.36. The van der Waals surface area contributed by atoms with Crippen LogP contribution in [-0.4, -0.2) is 10.8 Å². The zero-order chi connectivity index (χ0) is 14.4. The first-order chi connectivity index (χ1) is 8.71. The minimum absolute atomic E-state index is 0.0207. The Kier molecular flexibility index (Phi) is 3.25. The molecule has 3 nitrogen and oxygen atoms in total. The molecular formula is C16H21NO2. The van der Waals surface area contributed by atoms with E-state index in [1.807, 2.05) is 26.0 Å². The van der Waals surface area contributed by atoms with E-state index in [1.165, 1.54) is 0 Å². The molecule has 0 spiro atoms. The topological polar surface area (TPSA) is 39.2 Å². The Balaban J connectivity index is 2.51. The molecule has 0 amide bonds. The smallest absolute Gasteiger partial charge is 0.195 e. The van der Waals surface area contributed by atoms with Gasteiger partial charge in [-0.15, -0.1) is 0 Å². The highest BCUT2D eigenvalue weighted by molar-refractivity contribution is 6.01. The Labute approximate surface area is 114 Å². The lowest BCUT2D eigenvalue weighted by molar-refractivity contribution is 0.0847. The lowest BCUT2D eigenvalue weighted by Crippen LogP contribution is -2.31. The van der Waals surface area contributed by atoms with Crippen molar-refractivity contribution in [2.45, 2.75) is 40.0 Å². The number of fused-ring (bicyclic) bond motifs is 1. The maximum atomic E-state index is 12.5. The van der Waals surface area contributed by atoms with Gasteiger partial charge in [-0.3, -0.25) is 4.79 Å². The molecule has 1 aliphatic rings. The van der Waals surface area contributed by atoms with Gasteiger partial charge in [0.2, 0.25) is 0 Å². The minimum atomic E-state index is -0.296. The molecule has 102 valence electrons. The maximum Gasteiger partial charge on any atom is 0.195 e. The van der Waals surface area contributed by atoms with E-state index >= 15 is 0 Å². The molecule has 0 N–H and O–H groups in total. The summed E-state index contributed by atoms with van der Waals surface area (Å²) in [6.07, 6.45) is 0. The molecule has 0 saturated carbocycles. The monoisotopic (exact) mass is 259 g/mol. The van der Waals surface area contributed by atoms with Gasteiger partial charge in [-0.2, -0.15) is 0 Å². The second-order valence-corrected chi connectivity index (χ2v) is 6.45. The van der Waals surface area contributed by atoms with Gasteiger partial charge in [-0.1, -0.05) is 41.2 Å². The van der Waals surface area contributed by atoms with E-state index in [4.69, 9.17) is 4.74 Å². The van der Waals surface area contributed by atoms with Gasteiger partial charge in [0.15, 0.2) is 11.5 Å². The lowest BCUT2D eigenvalue weighted by Gasteiger charge is -2.29. The van der Waals surface area contributed by atoms with Crippen LogP contribution in [0.3, 0.4) is 0 Å². The summed E-state index contributed by atoms with van der Waals surface area (Å²) in [5.41, 5.74) is 1.26. The molecule has 0 fully saturated rings. The largest absolute Gasteiger partial charge is 0.459 e. The summed E-state index contributed by atoms with van der Waals surface area (Å²) in [7, 11) is 0. The van der Waals surface area contributed by atoms with Crippen LogP contribution in [0.15, 0.2) is 24.5 Å². The van der Waals surface area contributed by atoms with Gasteiger partial charge in [0.25, 0.3) is 0 Å². The molecule has 0 bridgehead atoms. The molecule has 3 heteroatoms. The minimum Gasteiger partial charge on any atom is -0.459 e. The molecule has 2 rings (SSSR count). The first-order valence-corrected chi connectivity index (χ1v) is 6.64. The quantitative estimate of drug-likeness (QED) is 0.771. The summed E-state index contributed by atoms with van der Waals surface area (Å²) in [5.74, 6) is 0.938. The van der Waals surface area contributed by atoms with Crippen molar-refractivity contribution in [3.63, 3.8) is 0 Å². The van der Waals surface area contributed by atoms with Gasteiger partial charge in [0.1, 0.15) is 11.5 Å². The zero-order valence-electron chi connectivity index (χ0n) is 12.3. The Morgan fingerprint density at radius 1 is 1.32 bits per heavy atom. The number of allylic oxidation sites excluding steroid dienone is 1. The average molecular weight is 259 g/mol. The maximum absolute atomic E-state index is 12.5. The third-order valence-electron chi connectivity index (χ3n) is 3.40. The second-order valence-electron chi connectivity index (χ2n) is 6.45. The van der Waals surface area contributed by atoms with E-state index in [2.05, 4.69) is 32.3 Å². The van der Waals surface area contributed by atoms with Crippen LogP contribution < -0.4 is 4.74 Å². The Morgan fingerprint density at radius 3 is 2.47 bits per heavy atom. The number of aromatic nitrogens is 1. The first kappa shape index (κ1) is 13.8. The van der Waals surface area contributed by atoms with Gasteiger partial charge < -0.3 is 4.74 Å². The second kappa shape index (κ2) is 4.48. The van der Waals surface area contributed by atoms with Crippen LogP contribution in [0.2, 0.25) is 0 Å². The van der Waals surface area contributed by atoms with Gasteiger partial charge in [0, 0.05) is 11.1 Å². The predicted molar refractivity (Wildman–Crippen MR) is 75.4 cm³/mol. The van der Waals surface area contributed by atoms with Crippen LogP contribution in [0.25, 0.3) is 0 Å². The van der Waals surface area contributed by atoms with E-state index in [0.717, 1.165) is 5.69 Å². The lowest BCUT2D eigenvalue weighted by atomic mass is 9.85. The first-order valence-electron chi connectivity index (χ1n) is 6.64. The Bertz CT molecular complexity index is 538. The zero-order valence-corrected chi connectivity index (χ0v) is 12.3. The fourth-order valence-electron chi connectivity index (χ4n) is 2.30. The van der Waals surface area contributed by atoms with Crippen LogP contribution in [0, 0.1) is 11.8 Å². The summed E-state index contributed by atoms with van der Waals surface area (Å²) in [5, 5.41) is 0. The van der Waals surface area contributed by atoms with Crippen LogP contribution in [-0.2, 0) is 5.41 Å². The molecule has 2 heterocycles. The van der Waals surface area contributed by atoms with Crippen molar-refractivity contribution >= 4 is 5.78 Å². The Morgan fingerprint density at radius 2 is 1.95 bits per heavy atom. The third-order valence-corrected chi connectivity index (χ3v) is 3.40. The normalized spacial score (nSPS) is 19.4. The van der Waals surface area contributed by atoms with Crippen LogP contribution in [0.1, 0.15) is 50.8 Å². The van der Waals surface area contributed by atoms with Crippen molar-refractivity contribution in [2.75, 3.05) is 0 Å². The molecular weight excluding hydrogens is 238 g/mol. The summed E-state index contributed by atoms with van der Waals surface area (Å²) in [6.45, 7) is 14.1. The number of ether oxygens (including phenoxy) is 1. The van der Waals surface area contributed by atoms with Gasteiger partial charge in [0.05, 0.1) is 5.92 Å². The molecule has 1 aromatic heterocycles. The third kappa shape index (κ3) is 2.42. The average Bonchev–Trinajstić information content (AvgIpc) is 2.26. The van der Waals surface area contributed by atoms with Gasteiger partial charge >= 0.3 is 0 Å². The van der Waals surface area contributed by atoms with Crippen molar-refractivity contribution in [2.24, 2.45) is 11.8 Å². The molecule has 0 aromatic carbocycles. The molecule has 0 saturated heterocycles. The predicted octanol–water partition coefficient (Wildman–Crippen LogP) is 3.74. The van der Waals surface area contributed by atoms with Crippen molar-refractivity contribution in [1.82, 2.24) is 4.98 Å². The summed E-state index contributed by atoms with van der Waals surface area (Å²) < 4.78 is 5.67. The van der Waals surface area contributed by atoms with Crippen molar-refractivity contribution < 1.29 is 9.53 Å². The van der Waals surface area contributed by atoms with E-state index in [1.54, 1.807) is 0 Å². The number of Topliss-reactive ketones (excluding diaryl/α,β-unsaturated/α-hetero) is 1. The fourth-order valence-corrected chi connectivity index (χ4v) is 2.30. The number of nitrogens with zero attached hydrogens (tertiary/aromatic N) is 1. The van der Waals surface area contributed by atoms with Crippen LogP contribution in [0.5, 0.6) is 5.75 Å². The number of rotatable bonds is 1. The van der Waals surface area contributed by atoms with Crippen molar-refractivity contribution in [3.05, 3.63) is 35.9 Å². The van der Waals surface area contributed by atoms with E-state index in [-0.39, 0.29) is 23.0 Å². The molecule has 1 unspecified atom stereocenters. The standard InChI is InChI=1S/C16H21NO2/c1-9(2)13-10(3)19-11-7-8-12(16(4,5)6)17-14(11)15(13)18/h7-9,13H,3H2,1-2,4-6H3. The number of ketones is 1. The Hall–Kier alpha value is -1.64. The summed E-state index contributed by atoms with van der Waals surface area (Å²) in [4.78, 5) is 17.1. The molecule has 1 aliphatic heterocycles. The van der Waals surface area contributed by atoms with E-state index < -0.39 is 0 Å². The number of carbonyl (C=O) groups is 1. The fraction of sp³-hybridized carbons (Fsp3) is 0.500. The highest BCUT2D eigenvalue weighted by atomic mass is 16.5. The van der Waals surface area contributed by atoms with Crippen molar-refractivity contribution in [1.29, 1.82) is 0 Å². The van der Waals surface area contributed by atoms with E-state index in [0.29, 0.717) is 17.2 Å². The molecule has 1 atom stereocenters. The highest BCUT2D eigenvalue weighted by Gasteiger charge is 2.36. The number of pyridine rings is 1. The van der Waals surface area contributed by atoms with Gasteiger partial charge in [-0.25, -0.2) is 4.98 Å². The SMILES string of the molecule is C=C1Oc2ccc(C(C)(C)C)nc2C(=O)C1C(C)C. The molecule has 1 aromatic rings. The van der Waals surface area contributed by atoms with Crippen LogP contribution in [0.4, 0.5) is 0 Å². The molecule has 0 radical (unpaired) electrons. The van der Waals surface area contributed by atoms with Crippen molar-refractivity contribution in [3.8, 4) is 5.75 Å². The van der Waals surface area contributed by atoms with Crippen LogP contribution >= 0.6 is 0 Å².